The second-order valence-electron chi connectivity index (χ2n) is 6.04. The van der Waals surface area contributed by atoms with Gasteiger partial charge in [-0.05, 0) is 33.1 Å². The number of pyridine rings is 1. The van der Waals surface area contributed by atoms with Crippen LogP contribution in [0, 0.1) is 13.8 Å². The van der Waals surface area contributed by atoms with Crippen LogP contribution in [0.5, 0.6) is 5.75 Å². The normalized spacial score (nSPS) is 26.0. The maximum Gasteiger partial charge on any atom is 0.153 e. The number of sulfone groups is 1. The quantitative estimate of drug-likeness (QED) is 0.913. The highest BCUT2D eigenvalue weighted by atomic mass is 32.2. The average Bonchev–Trinajstić information content (AvgIpc) is 2.76. The number of aryl methyl sites for hydroxylation is 1. The first-order valence-corrected chi connectivity index (χ1v) is 9.05. The van der Waals surface area contributed by atoms with Gasteiger partial charge in [0.05, 0.1) is 18.0 Å². The van der Waals surface area contributed by atoms with E-state index in [0.29, 0.717) is 18.5 Å². The minimum absolute atomic E-state index is 0.243. The molecule has 0 aliphatic heterocycles. The van der Waals surface area contributed by atoms with Crippen LogP contribution >= 0.6 is 0 Å². The third-order valence-corrected chi connectivity index (χ3v) is 6.12. The summed E-state index contributed by atoms with van der Waals surface area (Å²) in [4.78, 5) is 4.38. The number of hydrogen-bond donors (Lipinski definition) is 1. The molecular weight excluding hydrogens is 290 g/mol. The molecule has 1 aliphatic carbocycles. The Hall–Kier alpha value is -1.14. The summed E-state index contributed by atoms with van der Waals surface area (Å²) in [6.07, 6.45) is 4.86. The maximum atomic E-state index is 11.9. The van der Waals surface area contributed by atoms with E-state index in [-0.39, 0.29) is 6.42 Å². The topological polar surface area (TPSA) is 76.5 Å². The predicted molar refractivity (Wildman–Crippen MR) is 81.4 cm³/mol. The zero-order valence-electron chi connectivity index (χ0n) is 13.0. The number of rotatable bonds is 4. The van der Waals surface area contributed by atoms with E-state index in [1.807, 2.05) is 13.8 Å². The molecule has 0 amide bonds. The molecule has 2 rings (SSSR count). The number of aromatic nitrogens is 1. The lowest BCUT2D eigenvalue weighted by Crippen LogP contribution is -2.44. The summed E-state index contributed by atoms with van der Waals surface area (Å²) in [6.45, 7) is 3.80. The lowest BCUT2D eigenvalue weighted by molar-refractivity contribution is 0.0501. The van der Waals surface area contributed by atoms with Crippen molar-refractivity contribution in [3.8, 4) is 5.75 Å². The van der Waals surface area contributed by atoms with Gasteiger partial charge in [-0.3, -0.25) is 4.98 Å². The lowest BCUT2D eigenvalue weighted by Gasteiger charge is -2.29. The van der Waals surface area contributed by atoms with Crippen molar-refractivity contribution in [2.45, 2.75) is 50.4 Å². The molecule has 1 saturated carbocycles. The van der Waals surface area contributed by atoms with Crippen LogP contribution in [-0.4, -0.2) is 42.7 Å². The van der Waals surface area contributed by atoms with Gasteiger partial charge in [0.1, 0.15) is 5.75 Å². The Balaban J connectivity index is 2.37. The van der Waals surface area contributed by atoms with Crippen LogP contribution in [0.25, 0.3) is 0 Å². The predicted octanol–water partition coefficient (Wildman–Crippen LogP) is 1.58. The first-order valence-electron chi connectivity index (χ1n) is 7.09. The highest BCUT2D eigenvalue weighted by Crippen LogP contribution is 2.38. The van der Waals surface area contributed by atoms with E-state index in [2.05, 4.69) is 4.98 Å². The largest absolute Gasteiger partial charge is 0.496 e. The second kappa shape index (κ2) is 5.57. The van der Waals surface area contributed by atoms with Gasteiger partial charge in [0.25, 0.3) is 0 Å². The molecule has 1 aromatic heterocycles. The SMILES string of the molecule is COc1c(C)cnc(CC2(O)CCCC2S(C)(=O)=O)c1C. The summed E-state index contributed by atoms with van der Waals surface area (Å²) in [5.41, 5.74) is 1.27. The van der Waals surface area contributed by atoms with E-state index < -0.39 is 20.7 Å². The molecule has 5 nitrogen and oxygen atoms in total. The van der Waals surface area contributed by atoms with Gasteiger partial charge in [-0.15, -0.1) is 0 Å². The van der Waals surface area contributed by atoms with Gasteiger partial charge in [0, 0.05) is 35.7 Å². The molecule has 1 N–H and O–H groups in total. The second-order valence-corrected chi connectivity index (χ2v) is 8.26. The molecule has 0 spiro atoms. The molecule has 21 heavy (non-hydrogen) atoms. The number of aliphatic hydroxyl groups is 1. The van der Waals surface area contributed by atoms with Crippen LogP contribution in [0.1, 0.15) is 36.1 Å². The molecule has 2 unspecified atom stereocenters. The zero-order valence-corrected chi connectivity index (χ0v) is 13.8. The lowest BCUT2D eigenvalue weighted by atomic mass is 9.93. The Morgan fingerprint density at radius 2 is 2.14 bits per heavy atom. The minimum Gasteiger partial charge on any atom is -0.496 e. The minimum atomic E-state index is -3.28. The average molecular weight is 313 g/mol. The Labute approximate surface area is 126 Å². The fourth-order valence-electron chi connectivity index (χ4n) is 3.38. The molecule has 0 radical (unpaired) electrons. The molecule has 118 valence electrons. The molecule has 1 fully saturated rings. The van der Waals surface area contributed by atoms with Crippen molar-refractivity contribution < 1.29 is 18.3 Å². The highest BCUT2D eigenvalue weighted by molar-refractivity contribution is 7.91. The zero-order chi connectivity index (χ0) is 15.8. The van der Waals surface area contributed by atoms with Gasteiger partial charge >= 0.3 is 0 Å². The molecule has 2 atom stereocenters. The Kier molecular flexibility index (Phi) is 4.31. The van der Waals surface area contributed by atoms with E-state index in [1.165, 1.54) is 6.26 Å². The van der Waals surface area contributed by atoms with Crippen LogP contribution < -0.4 is 4.74 Å². The maximum absolute atomic E-state index is 11.9. The van der Waals surface area contributed by atoms with E-state index in [4.69, 9.17) is 4.74 Å². The van der Waals surface area contributed by atoms with Gasteiger partial charge in [0.15, 0.2) is 9.84 Å². The van der Waals surface area contributed by atoms with Crippen LogP contribution in [0.15, 0.2) is 6.20 Å². The van der Waals surface area contributed by atoms with Gasteiger partial charge < -0.3 is 9.84 Å². The third-order valence-electron chi connectivity index (χ3n) is 4.42. The Bertz CT molecular complexity index is 641. The molecule has 0 aromatic carbocycles. The third kappa shape index (κ3) is 3.06. The van der Waals surface area contributed by atoms with Crippen molar-refractivity contribution >= 4 is 9.84 Å². The molecule has 1 aliphatic rings. The van der Waals surface area contributed by atoms with Crippen LogP contribution in [-0.2, 0) is 16.3 Å². The number of nitrogens with zero attached hydrogens (tertiary/aromatic N) is 1. The summed E-state index contributed by atoms with van der Waals surface area (Å²) in [5.74, 6) is 0.748. The van der Waals surface area contributed by atoms with Crippen molar-refractivity contribution in [3.05, 3.63) is 23.0 Å². The number of ether oxygens (including phenoxy) is 1. The van der Waals surface area contributed by atoms with Gasteiger partial charge in [0.2, 0.25) is 0 Å². The molecular formula is C15H23NO4S. The van der Waals surface area contributed by atoms with Crippen molar-refractivity contribution in [1.82, 2.24) is 4.98 Å². The first kappa shape index (κ1) is 16.2. The highest BCUT2D eigenvalue weighted by Gasteiger charge is 2.47. The fraction of sp³-hybridized carbons (Fsp3) is 0.667. The van der Waals surface area contributed by atoms with Crippen molar-refractivity contribution in [3.63, 3.8) is 0 Å². The van der Waals surface area contributed by atoms with Gasteiger partial charge in [-0.1, -0.05) is 0 Å². The van der Waals surface area contributed by atoms with Crippen LogP contribution in [0.2, 0.25) is 0 Å². The smallest absolute Gasteiger partial charge is 0.153 e. The molecule has 6 heteroatoms. The number of methoxy groups -OCH3 is 1. The first-order chi connectivity index (χ1) is 9.69. The number of hydrogen-bond acceptors (Lipinski definition) is 5. The van der Waals surface area contributed by atoms with Gasteiger partial charge in [-0.25, -0.2) is 8.42 Å². The molecule has 0 saturated heterocycles. The summed E-state index contributed by atoms with van der Waals surface area (Å²) < 4.78 is 29.2. The van der Waals surface area contributed by atoms with Crippen LogP contribution in [0.4, 0.5) is 0 Å². The van der Waals surface area contributed by atoms with E-state index in [9.17, 15) is 13.5 Å². The van der Waals surface area contributed by atoms with E-state index in [1.54, 1.807) is 13.3 Å². The summed E-state index contributed by atoms with van der Waals surface area (Å²) in [5, 5.41) is 10.1. The van der Waals surface area contributed by atoms with Crippen molar-refractivity contribution in [1.29, 1.82) is 0 Å². The summed E-state index contributed by atoms with van der Waals surface area (Å²) >= 11 is 0. The molecule has 0 bridgehead atoms. The summed E-state index contributed by atoms with van der Waals surface area (Å²) in [6, 6.07) is 0. The van der Waals surface area contributed by atoms with Crippen molar-refractivity contribution in [2.75, 3.05) is 13.4 Å². The Morgan fingerprint density at radius 1 is 1.48 bits per heavy atom. The molecule has 1 aromatic rings. The van der Waals surface area contributed by atoms with E-state index >= 15 is 0 Å². The Morgan fingerprint density at radius 3 is 2.71 bits per heavy atom. The van der Waals surface area contributed by atoms with Crippen molar-refractivity contribution in [2.24, 2.45) is 0 Å². The summed E-state index contributed by atoms with van der Waals surface area (Å²) in [7, 11) is -1.68. The molecule has 1 heterocycles. The van der Waals surface area contributed by atoms with Gasteiger partial charge in [-0.2, -0.15) is 0 Å². The van der Waals surface area contributed by atoms with Crippen LogP contribution in [0.3, 0.4) is 0 Å². The monoisotopic (exact) mass is 313 g/mol. The fourth-order valence-corrected chi connectivity index (χ4v) is 4.97. The van der Waals surface area contributed by atoms with E-state index in [0.717, 1.165) is 23.3 Å². The standard InChI is InChI=1S/C15H23NO4S/c1-10-9-16-12(11(2)14(10)20-3)8-15(17)7-5-6-13(15)21(4,18)19/h9,13,17H,5-8H2,1-4H3.